The van der Waals surface area contributed by atoms with Crippen LogP contribution in [0.4, 0.5) is 11.4 Å². The van der Waals surface area contributed by atoms with E-state index in [1.807, 2.05) is 0 Å². The van der Waals surface area contributed by atoms with Crippen molar-refractivity contribution in [3.63, 3.8) is 0 Å². The second-order valence-electron chi connectivity index (χ2n) is 4.99. The molecule has 1 aromatic rings. The first-order chi connectivity index (χ1) is 7.90. The van der Waals surface area contributed by atoms with Crippen molar-refractivity contribution in [1.29, 1.82) is 0 Å². The van der Waals surface area contributed by atoms with E-state index in [1.165, 1.54) is 22.1 Å². The van der Waals surface area contributed by atoms with E-state index in [0.29, 0.717) is 5.92 Å². The summed E-state index contributed by atoms with van der Waals surface area (Å²) in [5, 5.41) is 1.20. The number of nitrogens with zero attached hydrogens (tertiary/aromatic N) is 2. The number of hydrogen-bond donors (Lipinski definition) is 0. The van der Waals surface area contributed by atoms with E-state index >= 15 is 0 Å². The molecule has 3 radical (unpaired) electrons. The molecule has 0 heterocycles. The highest BCUT2D eigenvalue weighted by Gasteiger charge is 2.18. The molecule has 1 atom stereocenters. The van der Waals surface area contributed by atoms with Crippen LogP contribution in [0.2, 0.25) is 0 Å². The summed E-state index contributed by atoms with van der Waals surface area (Å²) >= 11 is 0. The molecular weight excluding hydrogens is 224 g/mol. The average Bonchev–Trinajstić information content (AvgIpc) is 2.26. The molecule has 0 fully saturated rings. The molecular formula is C14H23N2Si. The van der Waals surface area contributed by atoms with Crippen molar-refractivity contribution in [1.82, 2.24) is 0 Å². The number of hydrogen-bond acceptors (Lipinski definition) is 2. The van der Waals surface area contributed by atoms with E-state index in [2.05, 4.69) is 74.2 Å². The summed E-state index contributed by atoms with van der Waals surface area (Å²) in [4.78, 5) is 4.38. The smallest absolute Gasteiger partial charge is 0.0716 e. The Kier molecular flexibility index (Phi) is 4.63. The van der Waals surface area contributed by atoms with Crippen molar-refractivity contribution in [3.8, 4) is 0 Å². The van der Waals surface area contributed by atoms with Crippen molar-refractivity contribution in [2.24, 2.45) is 0 Å². The highest BCUT2D eigenvalue weighted by molar-refractivity contribution is 6.34. The summed E-state index contributed by atoms with van der Waals surface area (Å²) < 4.78 is 0. The van der Waals surface area contributed by atoms with Crippen molar-refractivity contribution in [2.45, 2.75) is 26.2 Å². The monoisotopic (exact) mass is 247 g/mol. The minimum absolute atomic E-state index is 0.555. The molecule has 0 aliphatic heterocycles. The minimum Gasteiger partial charge on any atom is -0.376 e. The van der Waals surface area contributed by atoms with Gasteiger partial charge in [0.05, 0.1) is 21.6 Å². The highest BCUT2D eigenvalue weighted by atomic mass is 28.1. The molecule has 0 aliphatic rings. The number of rotatable bonds is 4. The lowest BCUT2D eigenvalue weighted by Gasteiger charge is -2.29. The van der Waals surface area contributed by atoms with Crippen LogP contribution in [0.15, 0.2) is 12.1 Å². The zero-order valence-corrected chi connectivity index (χ0v) is 12.8. The molecule has 2 nitrogen and oxygen atoms in total. The van der Waals surface area contributed by atoms with Crippen molar-refractivity contribution in [3.05, 3.63) is 17.7 Å². The fourth-order valence-electron chi connectivity index (χ4n) is 2.13. The van der Waals surface area contributed by atoms with E-state index in [1.54, 1.807) is 0 Å². The third kappa shape index (κ3) is 2.83. The molecule has 0 saturated carbocycles. The summed E-state index contributed by atoms with van der Waals surface area (Å²) in [6, 6.07) is 4.32. The lowest BCUT2D eigenvalue weighted by molar-refractivity contribution is 0.735. The molecule has 3 heteroatoms. The van der Waals surface area contributed by atoms with Gasteiger partial charge in [0.1, 0.15) is 0 Å². The maximum absolute atomic E-state index is 3.75. The Morgan fingerprint density at radius 3 is 2.12 bits per heavy atom. The van der Waals surface area contributed by atoms with Crippen LogP contribution in [0.25, 0.3) is 0 Å². The Morgan fingerprint density at radius 1 is 1.12 bits per heavy atom. The normalized spacial score (nSPS) is 12.4. The van der Waals surface area contributed by atoms with E-state index in [-0.39, 0.29) is 0 Å². The van der Waals surface area contributed by atoms with Gasteiger partial charge in [-0.3, -0.25) is 0 Å². The molecule has 0 saturated heterocycles. The fourth-order valence-corrected chi connectivity index (χ4v) is 2.58. The molecule has 0 bridgehead atoms. The van der Waals surface area contributed by atoms with Gasteiger partial charge in [0.2, 0.25) is 0 Å². The van der Waals surface area contributed by atoms with Crippen LogP contribution in [0.3, 0.4) is 0 Å². The van der Waals surface area contributed by atoms with Gasteiger partial charge in [-0.25, -0.2) is 0 Å². The average molecular weight is 247 g/mol. The van der Waals surface area contributed by atoms with Gasteiger partial charge < -0.3 is 9.80 Å². The molecule has 1 rings (SSSR count). The number of benzene rings is 1. The van der Waals surface area contributed by atoms with Gasteiger partial charge in [-0.1, -0.05) is 25.1 Å². The van der Waals surface area contributed by atoms with E-state index < -0.39 is 0 Å². The zero-order valence-electron chi connectivity index (χ0n) is 11.8. The molecule has 0 spiro atoms. The summed E-state index contributed by atoms with van der Waals surface area (Å²) in [7, 11) is 12.2. The second-order valence-corrected chi connectivity index (χ2v) is 5.53. The van der Waals surface area contributed by atoms with Crippen LogP contribution >= 0.6 is 0 Å². The Bertz CT molecular complexity index is 386. The van der Waals surface area contributed by atoms with Gasteiger partial charge in [-0.15, -0.1) is 0 Å². The van der Waals surface area contributed by atoms with Gasteiger partial charge in [-0.05, 0) is 24.0 Å². The summed E-state index contributed by atoms with van der Waals surface area (Å²) in [6.07, 6.45) is 1.15. The van der Waals surface area contributed by atoms with Crippen molar-refractivity contribution >= 4 is 26.8 Å². The number of anilines is 2. The summed E-state index contributed by atoms with van der Waals surface area (Å²) in [6.45, 7) is 4.52. The molecule has 0 N–H and O–H groups in total. The Labute approximate surface area is 109 Å². The van der Waals surface area contributed by atoms with Crippen LogP contribution in [0, 0.1) is 0 Å². The zero-order chi connectivity index (χ0) is 13.2. The maximum atomic E-state index is 3.75. The summed E-state index contributed by atoms with van der Waals surface area (Å²) in [5.41, 5.74) is 3.99. The highest BCUT2D eigenvalue weighted by Crippen LogP contribution is 2.34. The first-order valence-corrected chi connectivity index (χ1v) is 6.63. The SMILES string of the molecule is CCC(C)c1c([Si])ccc(N(C)C)c1N(C)C. The van der Waals surface area contributed by atoms with Gasteiger partial charge in [0, 0.05) is 28.2 Å². The third-order valence-corrected chi connectivity index (χ3v) is 3.67. The van der Waals surface area contributed by atoms with E-state index in [4.69, 9.17) is 0 Å². The first kappa shape index (κ1) is 14.1. The second kappa shape index (κ2) is 5.58. The molecule has 17 heavy (non-hydrogen) atoms. The van der Waals surface area contributed by atoms with Gasteiger partial charge >= 0.3 is 0 Å². The van der Waals surface area contributed by atoms with Gasteiger partial charge in [-0.2, -0.15) is 0 Å². The summed E-state index contributed by atoms with van der Waals surface area (Å²) in [5.74, 6) is 0.555. The fraction of sp³-hybridized carbons (Fsp3) is 0.571. The minimum atomic E-state index is 0.555. The third-order valence-electron chi connectivity index (χ3n) is 3.23. The standard InChI is InChI=1S/C14H23N2Si/c1-7-10(2)13-12(17)9-8-11(15(3)4)14(13)16(5)6/h8-10H,7H2,1-6H3. The van der Waals surface area contributed by atoms with Crippen LogP contribution in [-0.4, -0.2) is 38.4 Å². The quantitative estimate of drug-likeness (QED) is 0.752. The molecule has 93 valence electrons. The van der Waals surface area contributed by atoms with Gasteiger partial charge in [0.25, 0.3) is 0 Å². The van der Waals surface area contributed by atoms with Crippen molar-refractivity contribution < 1.29 is 0 Å². The lowest BCUT2D eigenvalue weighted by atomic mass is 9.95. The van der Waals surface area contributed by atoms with E-state index in [9.17, 15) is 0 Å². The molecule has 1 aromatic carbocycles. The Balaban J connectivity index is 3.48. The van der Waals surface area contributed by atoms with Crippen molar-refractivity contribution in [2.75, 3.05) is 38.0 Å². The lowest BCUT2D eigenvalue weighted by Crippen LogP contribution is -2.24. The Morgan fingerprint density at radius 2 is 1.71 bits per heavy atom. The molecule has 0 aromatic heterocycles. The first-order valence-electron chi connectivity index (χ1n) is 6.13. The largest absolute Gasteiger partial charge is 0.376 e. The molecule has 0 aliphatic carbocycles. The Hall–Kier alpha value is -0.963. The van der Waals surface area contributed by atoms with Crippen LogP contribution < -0.4 is 15.0 Å². The van der Waals surface area contributed by atoms with Crippen LogP contribution in [0.1, 0.15) is 31.7 Å². The predicted octanol–water partition coefficient (Wildman–Crippen LogP) is 2.13. The molecule has 0 amide bonds. The molecule has 1 unspecified atom stereocenters. The topological polar surface area (TPSA) is 6.48 Å². The predicted molar refractivity (Wildman–Crippen MR) is 79.2 cm³/mol. The van der Waals surface area contributed by atoms with Crippen LogP contribution in [-0.2, 0) is 0 Å². The van der Waals surface area contributed by atoms with Crippen LogP contribution in [0.5, 0.6) is 0 Å². The van der Waals surface area contributed by atoms with E-state index in [0.717, 1.165) is 6.42 Å². The van der Waals surface area contributed by atoms with Gasteiger partial charge in [0.15, 0.2) is 0 Å². The maximum Gasteiger partial charge on any atom is 0.0716 e.